The lowest BCUT2D eigenvalue weighted by molar-refractivity contribution is 0.294. The molecule has 30 heavy (non-hydrogen) atoms. The lowest BCUT2D eigenvalue weighted by Crippen LogP contribution is -1.99. The molecule has 148 valence electrons. The molecule has 0 radical (unpaired) electrons. The zero-order valence-corrected chi connectivity index (χ0v) is 16.3. The van der Waals surface area contributed by atoms with Crippen molar-refractivity contribution in [1.29, 1.82) is 5.26 Å². The summed E-state index contributed by atoms with van der Waals surface area (Å²) >= 11 is 0. The molecule has 0 atom stereocenters. The first-order valence-electron chi connectivity index (χ1n) is 9.59. The van der Waals surface area contributed by atoms with Gasteiger partial charge in [-0.15, -0.1) is 0 Å². The highest BCUT2D eigenvalue weighted by Gasteiger charge is 2.02. The highest BCUT2D eigenvalue weighted by molar-refractivity contribution is 5.78. The summed E-state index contributed by atoms with van der Waals surface area (Å²) in [5, 5.41) is 9.72. The van der Waals surface area contributed by atoms with Crippen LogP contribution in [0.1, 0.15) is 11.3 Å². The Hall–Kier alpha value is -4.04. The second kappa shape index (κ2) is 9.44. The Labute approximate surface area is 175 Å². The molecule has 0 fully saturated rings. The third kappa shape index (κ3) is 5.06. The number of benzene rings is 3. The van der Waals surface area contributed by atoms with E-state index in [1.807, 2.05) is 84.9 Å². The highest BCUT2D eigenvalue weighted by atomic mass is 16.5. The topological polar surface area (TPSA) is 64.4 Å². The van der Waals surface area contributed by atoms with E-state index in [-0.39, 0.29) is 6.61 Å². The average Bonchev–Trinajstić information content (AvgIpc) is 2.81. The van der Waals surface area contributed by atoms with Gasteiger partial charge in [-0.1, -0.05) is 36.4 Å². The van der Waals surface area contributed by atoms with Crippen LogP contribution in [-0.2, 0) is 13.2 Å². The van der Waals surface area contributed by atoms with E-state index in [9.17, 15) is 0 Å². The number of nitriles is 1. The van der Waals surface area contributed by atoms with Crippen LogP contribution in [-0.4, -0.2) is 11.6 Å². The maximum absolute atomic E-state index is 8.60. The first-order chi connectivity index (χ1) is 14.8. The van der Waals surface area contributed by atoms with Gasteiger partial charge in [0.1, 0.15) is 36.5 Å². The number of hydrogen-bond donors (Lipinski definition) is 0. The van der Waals surface area contributed by atoms with E-state index in [0.29, 0.717) is 19.0 Å². The van der Waals surface area contributed by atoms with Crippen molar-refractivity contribution in [1.82, 2.24) is 4.98 Å². The van der Waals surface area contributed by atoms with Gasteiger partial charge in [0, 0.05) is 5.39 Å². The molecule has 0 saturated carbocycles. The number of aromatic nitrogens is 1. The Kier molecular flexibility index (Phi) is 6.07. The van der Waals surface area contributed by atoms with Crippen molar-refractivity contribution in [3.05, 3.63) is 96.2 Å². The van der Waals surface area contributed by atoms with E-state index in [1.54, 1.807) is 0 Å². The van der Waals surface area contributed by atoms with Gasteiger partial charge in [0.05, 0.1) is 11.2 Å². The minimum atomic E-state index is 0.0283. The van der Waals surface area contributed by atoms with Crippen LogP contribution in [0.3, 0.4) is 0 Å². The van der Waals surface area contributed by atoms with Crippen molar-refractivity contribution in [2.75, 3.05) is 6.61 Å². The van der Waals surface area contributed by atoms with Gasteiger partial charge in [-0.05, 0) is 54.1 Å². The zero-order valence-electron chi connectivity index (χ0n) is 16.3. The summed E-state index contributed by atoms with van der Waals surface area (Å²) in [4.78, 5) is 4.62. The molecular weight excluding hydrogens is 376 g/mol. The standard InChI is InChI=1S/C25H20N2O3/c26-14-15-28-24-6-3-4-19(16-24)17-29-22-10-12-23(13-11-22)30-18-21-9-8-20-5-1-2-7-25(20)27-21/h1-13,16H,15,17-18H2. The van der Waals surface area contributed by atoms with Gasteiger partial charge in [-0.2, -0.15) is 5.26 Å². The van der Waals surface area contributed by atoms with Gasteiger partial charge < -0.3 is 14.2 Å². The zero-order chi connectivity index (χ0) is 20.6. The molecular formula is C25H20N2O3. The third-order valence-corrected chi connectivity index (χ3v) is 4.47. The van der Waals surface area contributed by atoms with Crippen LogP contribution in [0.15, 0.2) is 84.9 Å². The van der Waals surface area contributed by atoms with E-state index in [4.69, 9.17) is 19.5 Å². The second-order valence-corrected chi connectivity index (χ2v) is 6.64. The molecule has 0 aliphatic rings. The lowest BCUT2D eigenvalue weighted by Gasteiger charge is -2.10. The summed E-state index contributed by atoms with van der Waals surface area (Å²) < 4.78 is 17.0. The van der Waals surface area contributed by atoms with E-state index < -0.39 is 0 Å². The van der Waals surface area contributed by atoms with E-state index in [2.05, 4.69) is 11.1 Å². The molecule has 0 unspecified atom stereocenters. The first-order valence-corrected chi connectivity index (χ1v) is 9.59. The summed E-state index contributed by atoms with van der Waals surface area (Å²) in [6.45, 7) is 0.839. The Morgan fingerprint density at radius 1 is 0.700 bits per heavy atom. The van der Waals surface area contributed by atoms with Gasteiger partial charge >= 0.3 is 0 Å². The van der Waals surface area contributed by atoms with Gasteiger partial charge in [-0.3, -0.25) is 0 Å². The van der Waals surface area contributed by atoms with Crippen molar-refractivity contribution < 1.29 is 14.2 Å². The molecule has 0 N–H and O–H groups in total. The maximum Gasteiger partial charge on any atom is 0.174 e. The molecule has 0 amide bonds. The molecule has 0 spiro atoms. The van der Waals surface area contributed by atoms with Gasteiger partial charge in [0.2, 0.25) is 0 Å². The SMILES string of the molecule is N#CCOc1cccc(COc2ccc(OCc3ccc4ccccc4n3)cc2)c1. The summed E-state index contributed by atoms with van der Waals surface area (Å²) in [7, 11) is 0. The fraction of sp³-hybridized carbons (Fsp3) is 0.120. The number of nitrogens with zero attached hydrogens (tertiary/aromatic N) is 2. The normalized spacial score (nSPS) is 10.4. The van der Waals surface area contributed by atoms with Crippen LogP contribution in [0.25, 0.3) is 10.9 Å². The maximum atomic E-state index is 8.60. The Balaban J connectivity index is 1.31. The third-order valence-electron chi connectivity index (χ3n) is 4.47. The van der Waals surface area contributed by atoms with Crippen LogP contribution in [0.2, 0.25) is 0 Å². The highest BCUT2D eigenvalue weighted by Crippen LogP contribution is 2.21. The van der Waals surface area contributed by atoms with Crippen molar-refractivity contribution in [2.24, 2.45) is 0 Å². The Morgan fingerprint density at radius 3 is 2.27 bits per heavy atom. The molecule has 5 heteroatoms. The molecule has 4 rings (SSSR count). The molecule has 0 aliphatic carbocycles. The number of ether oxygens (including phenoxy) is 3. The largest absolute Gasteiger partial charge is 0.489 e. The van der Waals surface area contributed by atoms with Crippen molar-refractivity contribution in [2.45, 2.75) is 13.2 Å². The van der Waals surface area contributed by atoms with E-state index >= 15 is 0 Å². The van der Waals surface area contributed by atoms with Crippen LogP contribution in [0.5, 0.6) is 17.2 Å². The van der Waals surface area contributed by atoms with Crippen LogP contribution in [0, 0.1) is 11.3 Å². The lowest BCUT2D eigenvalue weighted by atomic mass is 10.2. The van der Waals surface area contributed by atoms with E-state index in [1.165, 1.54) is 0 Å². The number of hydrogen-bond acceptors (Lipinski definition) is 5. The molecule has 1 heterocycles. The predicted molar refractivity (Wildman–Crippen MR) is 114 cm³/mol. The number of para-hydroxylation sites is 1. The van der Waals surface area contributed by atoms with Gasteiger partial charge in [-0.25, -0.2) is 4.98 Å². The fourth-order valence-corrected chi connectivity index (χ4v) is 2.99. The van der Waals surface area contributed by atoms with Gasteiger partial charge in [0.25, 0.3) is 0 Å². The van der Waals surface area contributed by atoms with E-state index in [0.717, 1.165) is 33.7 Å². The quantitative estimate of drug-likeness (QED) is 0.405. The first kappa shape index (κ1) is 19.3. The van der Waals surface area contributed by atoms with Gasteiger partial charge in [0.15, 0.2) is 6.61 Å². The number of fused-ring (bicyclic) bond motifs is 1. The molecule has 5 nitrogen and oxygen atoms in total. The van der Waals surface area contributed by atoms with Crippen molar-refractivity contribution in [3.63, 3.8) is 0 Å². The average molecular weight is 396 g/mol. The number of pyridine rings is 1. The van der Waals surface area contributed by atoms with Crippen LogP contribution in [0.4, 0.5) is 0 Å². The molecule has 0 aliphatic heterocycles. The predicted octanol–water partition coefficient (Wildman–Crippen LogP) is 5.30. The summed E-state index contributed by atoms with van der Waals surface area (Å²) in [5.41, 5.74) is 2.81. The molecule has 3 aromatic carbocycles. The van der Waals surface area contributed by atoms with Crippen molar-refractivity contribution >= 4 is 10.9 Å². The molecule has 0 saturated heterocycles. The van der Waals surface area contributed by atoms with Crippen LogP contribution >= 0.6 is 0 Å². The summed E-state index contributed by atoms with van der Waals surface area (Å²) in [5.74, 6) is 2.16. The minimum Gasteiger partial charge on any atom is -0.489 e. The smallest absolute Gasteiger partial charge is 0.174 e. The summed E-state index contributed by atoms with van der Waals surface area (Å²) in [6, 6.07) is 29.0. The fourth-order valence-electron chi connectivity index (χ4n) is 2.99. The molecule has 4 aromatic rings. The molecule has 1 aromatic heterocycles. The molecule has 0 bridgehead atoms. The number of rotatable bonds is 8. The second-order valence-electron chi connectivity index (χ2n) is 6.64. The summed E-state index contributed by atoms with van der Waals surface area (Å²) in [6.07, 6.45) is 0. The monoisotopic (exact) mass is 396 g/mol. The van der Waals surface area contributed by atoms with Crippen LogP contribution < -0.4 is 14.2 Å². The van der Waals surface area contributed by atoms with Crippen molar-refractivity contribution in [3.8, 4) is 23.3 Å². The Bertz CT molecular complexity index is 1170. The Morgan fingerprint density at radius 2 is 1.47 bits per heavy atom. The minimum absolute atomic E-state index is 0.0283.